The summed E-state index contributed by atoms with van der Waals surface area (Å²) in [6.45, 7) is 0.969. The molecule has 0 radical (unpaired) electrons. The van der Waals surface area contributed by atoms with Gasteiger partial charge in [0.05, 0.1) is 18.6 Å². The number of hydrogen-bond donors (Lipinski definition) is 1. The number of carbonyl (C=O) groups is 2. The minimum atomic E-state index is -0.977. The van der Waals surface area contributed by atoms with Crippen LogP contribution in [0.1, 0.15) is 5.56 Å². The maximum Gasteiger partial charge on any atom is 0.310 e. The highest BCUT2D eigenvalue weighted by atomic mass is 16.7. The van der Waals surface area contributed by atoms with Crippen molar-refractivity contribution >= 4 is 11.9 Å². The molecule has 1 aromatic carbocycles. The molecule has 1 amide bonds. The van der Waals surface area contributed by atoms with Crippen LogP contribution in [-0.4, -0.2) is 46.9 Å². The summed E-state index contributed by atoms with van der Waals surface area (Å²) in [5.74, 6) is -1.22. The van der Waals surface area contributed by atoms with Crippen molar-refractivity contribution < 1.29 is 28.9 Å². The molecule has 4 heterocycles. The van der Waals surface area contributed by atoms with E-state index in [0.29, 0.717) is 24.6 Å². The highest BCUT2D eigenvalue weighted by Crippen LogP contribution is 2.52. The van der Waals surface area contributed by atoms with Crippen LogP contribution >= 0.6 is 0 Å². The second kappa shape index (κ2) is 4.51. The Labute approximate surface area is 137 Å². The predicted octanol–water partition coefficient (Wildman–Crippen LogP) is 0.782. The van der Waals surface area contributed by atoms with Gasteiger partial charge in [-0.05, 0) is 17.7 Å². The van der Waals surface area contributed by atoms with Gasteiger partial charge in [0.25, 0.3) is 0 Å². The number of benzene rings is 1. The summed E-state index contributed by atoms with van der Waals surface area (Å²) in [7, 11) is 0. The first-order valence-corrected chi connectivity index (χ1v) is 7.85. The van der Waals surface area contributed by atoms with Crippen LogP contribution < -0.4 is 9.47 Å². The summed E-state index contributed by atoms with van der Waals surface area (Å²) in [6, 6.07) is 5.55. The lowest BCUT2D eigenvalue weighted by molar-refractivity contribution is -0.148. The van der Waals surface area contributed by atoms with E-state index in [9.17, 15) is 14.7 Å². The lowest BCUT2D eigenvalue weighted by Crippen LogP contribution is -2.39. The van der Waals surface area contributed by atoms with E-state index < -0.39 is 29.5 Å². The lowest BCUT2D eigenvalue weighted by atomic mass is 9.77. The zero-order valence-corrected chi connectivity index (χ0v) is 12.7. The summed E-state index contributed by atoms with van der Waals surface area (Å²) in [5, 5.41) is 9.46. The number of ether oxygens (including phenoxy) is 3. The average molecular weight is 329 g/mol. The van der Waals surface area contributed by atoms with E-state index in [2.05, 4.69) is 0 Å². The van der Waals surface area contributed by atoms with Gasteiger partial charge in [-0.1, -0.05) is 18.2 Å². The minimum absolute atomic E-state index is 0.160. The molecule has 0 unspecified atom stereocenters. The van der Waals surface area contributed by atoms with Gasteiger partial charge in [0.15, 0.2) is 11.5 Å². The van der Waals surface area contributed by atoms with Crippen molar-refractivity contribution in [2.45, 2.75) is 18.2 Å². The molecule has 0 aromatic heterocycles. The van der Waals surface area contributed by atoms with E-state index in [1.807, 2.05) is 24.3 Å². The molecule has 1 aromatic rings. The van der Waals surface area contributed by atoms with Gasteiger partial charge in [-0.15, -0.1) is 0 Å². The second-order valence-electron chi connectivity index (χ2n) is 6.62. The molecular formula is C17H15NO6. The van der Waals surface area contributed by atoms with Crippen LogP contribution in [0.4, 0.5) is 0 Å². The molecule has 2 bridgehead atoms. The third-order valence-corrected chi connectivity index (χ3v) is 5.27. The van der Waals surface area contributed by atoms with Crippen molar-refractivity contribution in [2.75, 3.05) is 13.3 Å². The van der Waals surface area contributed by atoms with Gasteiger partial charge in [-0.3, -0.25) is 9.59 Å². The maximum atomic E-state index is 12.8. The van der Waals surface area contributed by atoms with Crippen LogP contribution in [0.25, 0.3) is 0 Å². The van der Waals surface area contributed by atoms with Gasteiger partial charge in [0.1, 0.15) is 11.5 Å². The first-order chi connectivity index (χ1) is 11.6. The Morgan fingerprint density at radius 1 is 1.33 bits per heavy atom. The Hall–Kier alpha value is -2.54. The van der Waals surface area contributed by atoms with E-state index in [4.69, 9.17) is 14.2 Å². The number of carboxylic acid groups (broad SMARTS) is 1. The fourth-order valence-electron chi connectivity index (χ4n) is 4.25. The van der Waals surface area contributed by atoms with Crippen LogP contribution in [0.3, 0.4) is 0 Å². The number of fused-ring (bicyclic) bond motifs is 2. The number of nitrogens with zero attached hydrogens (tertiary/aromatic N) is 1. The minimum Gasteiger partial charge on any atom is -0.481 e. The Morgan fingerprint density at radius 2 is 2.17 bits per heavy atom. The summed E-state index contributed by atoms with van der Waals surface area (Å²) in [4.78, 5) is 26.0. The Morgan fingerprint density at radius 3 is 3.00 bits per heavy atom. The quantitative estimate of drug-likeness (QED) is 0.825. The summed E-state index contributed by atoms with van der Waals surface area (Å²) < 4.78 is 16.5. The molecule has 0 saturated carbocycles. The number of carboxylic acids is 1. The molecule has 4 aliphatic heterocycles. The fraction of sp³-hybridized carbons (Fsp3) is 0.412. The SMILES string of the molecule is O=C(O)[C@@H]1[C@H]2C=C[C@@]3(CN(Cc4ccc5c(c4)OCO5)C(=O)[C@@H]13)O2. The van der Waals surface area contributed by atoms with Crippen LogP contribution in [0.2, 0.25) is 0 Å². The fourth-order valence-corrected chi connectivity index (χ4v) is 4.25. The molecule has 4 atom stereocenters. The monoisotopic (exact) mass is 329 g/mol. The Kier molecular flexibility index (Phi) is 2.60. The van der Waals surface area contributed by atoms with Crippen LogP contribution in [0.5, 0.6) is 11.5 Å². The number of aliphatic carboxylic acids is 1. The molecule has 124 valence electrons. The average Bonchev–Trinajstić information content (AvgIpc) is 3.28. The molecule has 7 nitrogen and oxygen atoms in total. The van der Waals surface area contributed by atoms with Gasteiger partial charge in [-0.25, -0.2) is 0 Å². The van der Waals surface area contributed by atoms with Gasteiger partial charge >= 0.3 is 5.97 Å². The third kappa shape index (κ3) is 1.70. The largest absolute Gasteiger partial charge is 0.481 e. The zero-order chi connectivity index (χ0) is 16.5. The highest BCUT2D eigenvalue weighted by Gasteiger charge is 2.66. The summed E-state index contributed by atoms with van der Waals surface area (Å²) in [5.41, 5.74) is 0.121. The van der Waals surface area contributed by atoms with E-state index in [1.54, 1.807) is 11.0 Å². The van der Waals surface area contributed by atoms with E-state index >= 15 is 0 Å². The molecule has 2 saturated heterocycles. The normalized spacial score (nSPS) is 34.9. The van der Waals surface area contributed by atoms with Crippen molar-refractivity contribution in [3.63, 3.8) is 0 Å². The van der Waals surface area contributed by atoms with Gasteiger partial charge in [0, 0.05) is 6.54 Å². The first kappa shape index (κ1) is 13.9. The standard InChI is InChI=1S/C17H15NO6/c19-15-14-13(16(20)21)11-3-4-17(14,24-11)7-18(15)6-9-1-2-10-12(5-9)23-8-22-10/h1-5,11,13-14H,6-8H2,(H,20,21)/t11-,13-,14-,17+/m1/s1. The summed E-state index contributed by atoms with van der Waals surface area (Å²) in [6.07, 6.45) is 3.13. The molecule has 24 heavy (non-hydrogen) atoms. The Bertz CT molecular complexity index is 789. The second-order valence-corrected chi connectivity index (χ2v) is 6.62. The maximum absolute atomic E-state index is 12.8. The van der Waals surface area contributed by atoms with Crippen LogP contribution in [0, 0.1) is 11.8 Å². The smallest absolute Gasteiger partial charge is 0.310 e. The highest BCUT2D eigenvalue weighted by molar-refractivity contribution is 5.90. The van der Waals surface area contributed by atoms with Crippen molar-refractivity contribution in [3.05, 3.63) is 35.9 Å². The number of rotatable bonds is 3. The van der Waals surface area contributed by atoms with E-state index in [0.717, 1.165) is 5.56 Å². The molecule has 2 fully saturated rings. The molecule has 4 aliphatic rings. The van der Waals surface area contributed by atoms with Crippen molar-refractivity contribution in [3.8, 4) is 11.5 Å². The molecule has 1 N–H and O–H groups in total. The number of likely N-dealkylation sites (tertiary alicyclic amines) is 1. The number of carbonyl (C=O) groups excluding carboxylic acids is 1. The predicted molar refractivity (Wildman–Crippen MR) is 79.3 cm³/mol. The molecule has 1 spiro atoms. The van der Waals surface area contributed by atoms with Crippen molar-refractivity contribution in [1.29, 1.82) is 0 Å². The Balaban J connectivity index is 1.42. The third-order valence-electron chi connectivity index (χ3n) is 5.27. The van der Waals surface area contributed by atoms with Gasteiger partial charge < -0.3 is 24.2 Å². The van der Waals surface area contributed by atoms with Crippen molar-refractivity contribution in [1.82, 2.24) is 4.90 Å². The van der Waals surface area contributed by atoms with Crippen molar-refractivity contribution in [2.24, 2.45) is 11.8 Å². The van der Waals surface area contributed by atoms with Crippen LogP contribution in [0.15, 0.2) is 30.4 Å². The molecule has 7 heteroatoms. The lowest BCUT2D eigenvalue weighted by Gasteiger charge is -2.21. The molecular weight excluding hydrogens is 314 g/mol. The zero-order valence-electron chi connectivity index (χ0n) is 12.7. The number of amides is 1. The topological polar surface area (TPSA) is 85.3 Å². The summed E-state index contributed by atoms with van der Waals surface area (Å²) >= 11 is 0. The van der Waals surface area contributed by atoms with Crippen LogP contribution in [-0.2, 0) is 20.9 Å². The van der Waals surface area contributed by atoms with E-state index in [-0.39, 0.29) is 12.7 Å². The van der Waals surface area contributed by atoms with E-state index in [1.165, 1.54) is 0 Å². The molecule has 5 rings (SSSR count). The van der Waals surface area contributed by atoms with Gasteiger partial charge in [-0.2, -0.15) is 0 Å². The molecule has 0 aliphatic carbocycles. The first-order valence-electron chi connectivity index (χ1n) is 7.85. The number of hydrogen-bond acceptors (Lipinski definition) is 5. The van der Waals surface area contributed by atoms with Gasteiger partial charge in [0.2, 0.25) is 12.7 Å².